The fourth-order valence-electron chi connectivity index (χ4n) is 1.11. The second-order valence-electron chi connectivity index (χ2n) is 2.89. The van der Waals surface area contributed by atoms with E-state index >= 15 is 0 Å². The van der Waals surface area contributed by atoms with Crippen LogP contribution in [0.3, 0.4) is 0 Å². The van der Waals surface area contributed by atoms with Gasteiger partial charge in [-0.3, -0.25) is 0 Å². The highest BCUT2D eigenvalue weighted by atomic mass is 19.3. The zero-order valence-electron chi connectivity index (χ0n) is 7.77. The lowest BCUT2D eigenvalue weighted by molar-refractivity contribution is -0.00823. The van der Waals surface area contributed by atoms with Gasteiger partial charge in [0.05, 0.1) is 0 Å². The van der Waals surface area contributed by atoms with E-state index in [9.17, 15) is 8.78 Å². The van der Waals surface area contributed by atoms with Gasteiger partial charge in [-0.15, -0.1) is 0 Å². The predicted molar refractivity (Wildman–Crippen MR) is 50.2 cm³/mol. The first kappa shape index (κ1) is 9.96. The molecule has 0 aromatic heterocycles. The smallest absolute Gasteiger partial charge is 0.273 e. The van der Waals surface area contributed by atoms with Crippen LogP contribution in [0.1, 0.15) is 18.9 Å². The summed E-state index contributed by atoms with van der Waals surface area (Å²) in [5.41, 5.74) is 0.785. The fraction of sp³-hybridized carbons (Fsp3) is 0.400. The van der Waals surface area contributed by atoms with Crippen LogP contribution in [0.25, 0.3) is 0 Å². The van der Waals surface area contributed by atoms with Gasteiger partial charge >= 0.3 is 0 Å². The Balaban J connectivity index is 3.01. The Morgan fingerprint density at radius 3 is 2.62 bits per heavy atom. The largest absolute Gasteiger partial charge is 0.388 e. The van der Waals surface area contributed by atoms with Crippen LogP contribution in [0.5, 0.6) is 0 Å². The minimum atomic E-state index is -2.72. The number of rotatable bonds is 3. The molecule has 0 radical (unpaired) electrons. The van der Waals surface area contributed by atoms with Crippen molar-refractivity contribution in [2.45, 2.75) is 19.3 Å². The van der Waals surface area contributed by atoms with E-state index < -0.39 is 5.92 Å². The molecule has 1 rings (SSSR count). The molecule has 0 unspecified atom stereocenters. The molecule has 0 aliphatic rings. The second kappa shape index (κ2) is 3.73. The van der Waals surface area contributed by atoms with Gasteiger partial charge in [0, 0.05) is 24.7 Å². The van der Waals surface area contributed by atoms with Crippen molar-refractivity contribution in [3.8, 4) is 0 Å². The molecule has 0 saturated heterocycles. The number of nitrogens with one attached hydrogen (secondary N) is 1. The Hall–Kier alpha value is -1.12. The fourth-order valence-corrected chi connectivity index (χ4v) is 1.11. The van der Waals surface area contributed by atoms with Crippen LogP contribution in [-0.4, -0.2) is 7.05 Å². The maximum Gasteiger partial charge on any atom is 0.273 e. The molecule has 72 valence electrons. The summed E-state index contributed by atoms with van der Waals surface area (Å²) in [4.78, 5) is 0. The van der Waals surface area contributed by atoms with E-state index in [-0.39, 0.29) is 12.0 Å². The van der Waals surface area contributed by atoms with Crippen molar-refractivity contribution in [2.75, 3.05) is 12.4 Å². The molecular weight excluding hydrogens is 172 g/mol. The quantitative estimate of drug-likeness (QED) is 0.762. The number of hydrogen-bond donors (Lipinski definition) is 1. The van der Waals surface area contributed by atoms with Gasteiger partial charge in [-0.1, -0.05) is 19.1 Å². The van der Waals surface area contributed by atoms with Crippen LogP contribution in [0.4, 0.5) is 14.5 Å². The van der Waals surface area contributed by atoms with Crippen LogP contribution < -0.4 is 5.32 Å². The lowest BCUT2D eigenvalue weighted by Crippen LogP contribution is -2.11. The number of anilines is 1. The molecule has 13 heavy (non-hydrogen) atoms. The molecule has 0 aliphatic carbocycles. The SMILES string of the molecule is CCC(F)(F)c1cccc(NC)c1. The summed E-state index contributed by atoms with van der Waals surface area (Å²) in [6.45, 7) is 1.48. The first-order chi connectivity index (χ1) is 6.10. The van der Waals surface area contributed by atoms with Crippen molar-refractivity contribution in [3.05, 3.63) is 29.8 Å². The lowest BCUT2D eigenvalue weighted by Gasteiger charge is -2.15. The maximum atomic E-state index is 13.2. The normalized spacial score (nSPS) is 11.4. The van der Waals surface area contributed by atoms with E-state index in [1.165, 1.54) is 19.1 Å². The third-order valence-corrected chi connectivity index (χ3v) is 2.02. The Labute approximate surface area is 76.8 Å². The van der Waals surface area contributed by atoms with Crippen molar-refractivity contribution in [1.29, 1.82) is 0 Å². The predicted octanol–water partition coefficient (Wildman–Crippen LogP) is 3.23. The maximum absolute atomic E-state index is 13.2. The van der Waals surface area contributed by atoms with Gasteiger partial charge in [-0.05, 0) is 12.1 Å². The highest BCUT2D eigenvalue weighted by molar-refractivity contribution is 5.46. The molecule has 0 bridgehead atoms. The van der Waals surface area contributed by atoms with Gasteiger partial charge in [0.2, 0.25) is 0 Å². The van der Waals surface area contributed by atoms with Crippen molar-refractivity contribution >= 4 is 5.69 Å². The van der Waals surface area contributed by atoms with Crippen molar-refractivity contribution in [1.82, 2.24) is 0 Å². The molecule has 1 nitrogen and oxygen atoms in total. The van der Waals surface area contributed by atoms with Gasteiger partial charge in [0.25, 0.3) is 5.92 Å². The van der Waals surface area contributed by atoms with Crippen molar-refractivity contribution in [2.24, 2.45) is 0 Å². The minimum Gasteiger partial charge on any atom is -0.388 e. The Morgan fingerprint density at radius 1 is 1.38 bits per heavy atom. The summed E-state index contributed by atoms with van der Waals surface area (Å²) in [7, 11) is 1.71. The average molecular weight is 185 g/mol. The van der Waals surface area contributed by atoms with Crippen LogP contribution in [0, 0.1) is 0 Å². The number of hydrogen-bond acceptors (Lipinski definition) is 1. The van der Waals surface area contributed by atoms with Gasteiger partial charge in [0.1, 0.15) is 0 Å². The van der Waals surface area contributed by atoms with Gasteiger partial charge in [0.15, 0.2) is 0 Å². The van der Waals surface area contributed by atoms with E-state index in [1.54, 1.807) is 19.2 Å². The summed E-state index contributed by atoms with van der Waals surface area (Å²) >= 11 is 0. The summed E-state index contributed by atoms with van der Waals surface area (Å²) in [5, 5.41) is 2.83. The second-order valence-corrected chi connectivity index (χ2v) is 2.89. The molecule has 1 N–H and O–H groups in total. The molecule has 1 aromatic rings. The Kier molecular flexibility index (Phi) is 2.86. The van der Waals surface area contributed by atoms with Crippen LogP contribution in [0.15, 0.2) is 24.3 Å². The van der Waals surface area contributed by atoms with Crippen molar-refractivity contribution < 1.29 is 8.78 Å². The summed E-state index contributed by atoms with van der Waals surface area (Å²) in [5.74, 6) is -2.72. The first-order valence-corrected chi connectivity index (χ1v) is 4.26. The van der Waals surface area contributed by atoms with Crippen LogP contribution in [-0.2, 0) is 5.92 Å². The van der Waals surface area contributed by atoms with E-state index in [4.69, 9.17) is 0 Å². The van der Waals surface area contributed by atoms with E-state index in [1.807, 2.05) is 0 Å². The highest BCUT2D eigenvalue weighted by Gasteiger charge is 2.28. The zero-order chi connectivity index (χ0) is 9.90. The molecule has 0 amide bonds. The van der Waals surface area contributed by atoms with E-state index in [0.717, 1.165) is 0 Å². The molecule has 0 fully saturated rings. The molecule has 0 heterocycles. The van der Waals surface area contributed by atoms with Crippen LogP contribution >= 0.6 is 0 Å². The standard InChI is InChI=1S/C10H13F2N/c1-3-10(11,12)8-5-4-6-9(7-8)13-2/h4-7,13H,3H2,1-2H3. The van der Waals surface area contributed by atoms with Crippen molar-refractivity contribution in [3.63, 3.8) is 0 Å². The lowest BCUT2D eigenvalue weighted by atomic mass is 10.1. The average Bonchev–Trinajstić information content (AvgIpc) is 2.18. The minimum absolute atomic E-state index is 0.0712. The van der Waals surface area contributed by atoms with E-state index in [0.29, 0.717) is 5.69 Å². The Morgan fingerprint density at radius 2 is 2.08 bits per heavy atom. The third-order valence-electron chi connectivity index (χ3n) is 2.02. The van der Waals surface area contributed by atoms with Gasteiger partial charge in [-0.2, -0.15) is 0 Å². The molecule has 0 spiro atoms. The third kappa shape index (κ3) is 2.17. The molecule has 0 saturated carbocycles. The Bertz CT molecular complexity index is 284. The number of benzene rings is 1. The molecular formula is C10H13F2N. The van der Waals surface area contributed by atoms with Gasteiger partial charge < -0.3 is 5.32 Å². The molecule has 0 aliphatic heterocycles. The number of alkyl halides is 2. The first-order valence-electron chi connectivity index (χ1n) is 4.26. The molecule has 1 aromatic carbocycles. The topological polar surface area (TPSA) is 12.0 Å². The zero-order valence-corrected chi connectivity index (χ0v) is 7.77. The van der Waals surface area contributed by atoms with Gasteiger partial charge in [-0.25, -0.2) is 8.78 Å². The summed E-state index contributed by atoms with van der Waals surface area (Å²) in [6.07, 6.45) is -0.167. The van der Waals surface area contributed by atoms with E-state index in [2.05, 4.69) is 5.32 Å². The number of halogens is 2. The summed E-state index contributed by atoms with van der Waals surface area (Å²) < 4.78 is 26.3. The monoisotopic (exact) mass is 185 g/mol. The molecule has 3 heteroatoms. The highest BCUT2D eigenvalue weighted by Crippen LogP contribution is 2.32. The molecule has 0 atom stereocenters. The van der Waals surface area contributed by atoms with Crippen LogP contribution in [0.2, 0.25) is 0 Å². The summed E-state index contributed by atoms with van der Waals surface area (Å²) in [6, 6.07) is 6.31.